The molecule has 0 fully saturated rings. The summed E-state index contributed by atoms with van der Waals surface area (Å²) in [6, 6.07) is 15.9. The molecule has 0 radical (unpaired) electrons. The Morgan fingerprint density at radius 2 is 1.77 bits per heavy atom. The maximum atomic E-state index is 12.3. The van der Waals surface area contributed by atoms with Crippen molar-refractivity contribution in [3.8, 4) is 5.75 Å². The van der Waals surface area contributed by atoms with Gasteiger partial charge in [0, 0.05) is 6.54 Å². The molecule has 5 nitrogen and oxygen atoms in total. The predicted octanol–water partition coefficient (Wildman–Crippen LogP) is 3.67. The monoisotopic (exact) mass is 355 g/mol. The number of hydrogen-bond donors (Lipinski definition) is 2. The minimum Gasteiger partial charge on any atom is -0.497 e. The number of likely N-dealkylation sites (N-methyl/N-ethyl adjacent to an activating group) is 1. The van der Waals surface area contributed by atoms with Gasteiger partial charge in [-0.05, 0) is 56.8 Å². The highest BCUT2D eigenvalue weighted by molar-refractivity contribution is 5.74. The van der Waals surface area contributed by atoms with Crippen molar-refractivity contribution in [1.82, 2.24) is 15.5 Å². The number of hydrogen-bond acceptors (Lipinski definition) is 3. The van der Waals surface area contributed by atoms with E-state index >= 15 is 0 Å². The maximum absolute atomic E-state index is 12.3. The van der Waals surface area contributed by atoms with E-state index in [4.69, 9.17) is 4.74 Å². The molecule has 0 heterocycles. The van der Waals surface area contributed by atoms with Crippen molar-refractivity contribution >= 4 is 6.03 Å². The van der Waals surface area contributed by atoms with Gasteiger partial charge >= 0.3 is 6.03 Å². The number of ether oxygens (including phenoxy) is 1. The summed E-state index contributed by atoms with van der Waals surface area (Å²) in [5, 5.41) is 6.00. The number of urea groups is 1. The normalized spacial score (nSPS) is 13.2. The van der Waals surface area contributed by atoms with Crippen LogP contribution in [-0.4, -0.2) is 38.7 Å². The average Bonchev–Trinajstić information content (AvgIpc) is 2.62. The number of carbonyl (C=O) groups is 1. The van der Waals surface area contributed by atoms with E-state index in [0.29, 0.717) is 6.54 Å². The van der Waals surface area contributed by atoms with Crippen molar-refractivity contribution < 1.29 is 9.53 Å². The number of methoxy groups -OCH3 is 1. The van der Waals surface area contributed by atoms with Gasteiger partial charge in [0.25, 0.3) is 0 Å². The van der Waals surface area contributed by atoms with Crippen molar-refractivity contribution in [2.45, 2.75) is 25.9 Å². The molecule has 2 atom stereocenters. The van der Waals surface area contributed by atoms with E-state index < -0.39 is 0 Å². The van der Waals surface area contributed by atoms with Crippen LogP contribution in [0.2, 0.25) is 0 Å². The first-order valence-corrected chi connectivity index (χ1v) is 8.82. The lowest BCUT2D eigenvalue weighted by molar-refractivity contribution is 0.230. The molecule has 26 heavy (non-hydrogen) atoms. The zero-order valence-electron chi connectivity index (χ0n) is 16.2. The SMILES string of the molecule is COc1ccc(C(CNC(=O)NC(C)c2ccccc2C)N(C)C)cc1. The van der Waals surface area contributed by atoms with Gasteiger partial charge in [-0.25, -0.2) is 4.79 Å². The van der Waals surface area contributed by atoms with E-state index in [-0.39, 0.29) is 18.1 Å². The highest BCUT2D eigenvalue weighted by Crippen LogP contribution is 2.21. The second-order valence-corrected chi connectivity index (χ2v) is 6.69. The fourth-order valence-corrected chi connectivity index (χ4v) is 3.01. The summed E-state index contributed by atoms with van der Waals surface area (Å²) in [6.07, 6.45) is 0. The Hall–Kier alpha value is -2.53. The topological polar surface area (TPSA) is 53.6 Å². The number of amides is 2. The van der Waals surface area contributed by atoms with Crippen LogP contribution in [0.25, 0.3) is 0 Å². The van der Waals surface area contributed by atoms with Crippen LogP contribution in [0.4, 0.5) is 4.79 Å². The number of nitrogens with one attached hydrogen (secondary N) is 2. The first kappa shape index (κ1) is 19.8. The van der Waals surface area contributed by atoms with E-state index in [1.807, 2.05) is 63.5 Å². The average molecular weight is 355 g/mol. The van der Waals surface area contributed by atoms with Gasteiger partial charge in [-0.2, -0.15) is 0 Å². The summed E-state index contributed by atoms with van der Waals surface area (Å²) in [5.74, 6) is 0.823. The first-order chi connectivity index (χ1) is 12.4. The van der Waals surface area contributed by atoms with Crippen molar-refractivity contribution in [1.29, 1.82) is 0 Å². The van der Waals surface area contributed by atoms with Gasteiger partial charge in [0.2, 0.25) is 0 Å². The fraction of sp³-hybridized carbons (Fsp3) is 0.381. The van der Waals surface area contributed by atoms with Gasteiger partial charge in [-0.1, -0.05) is 36.4 Å². The van der Waals surface area contributed by atoms with E-state index in [9.17, 15) is 4.79 Å². The molecular formula is C21H29N3O2. The number of carbonyl (C=O) groups excluding carboxylic acids is 1. The predicted molar refractivity (Wildman–Crippen MR) is 106 cm³/mol. The molecular weight excluding hydrogens is 326 g/mol. The third kappa shape index (κ3) is 5.23. The molecule has 2 N–H and O–H groups in total. The molecule has 2 rings (SSSR count). The highest BCUT2D eigenvalue weighted by atomic mass is 16.5. The van der Waals surface area contributed by atoms with E-state index in [1.165, 1.54) is 5.56 Å². The molecule has 0 bridgehead atoms. The van der Waals surface area contributed by atoms with Crippen molar-refractivity contribution in [2.75, 3.05) is 27.7 Å². The van der Waals surface area contributed by atoms with Crippen LogP contribution in [0.1, 0.15) is 35.7 Å². The molecule has 0 saturated carbocycles. The van der Waals surface area contributed by atoms with Crippen LogP contribution in [0.15, 0.2) is 48.5 Å². The van der Waals surface area contributed by atoms with E-state index in [0.717, 1.165) is 16.9 Å². The minimum atomic E-state index is -0.166. The second kappa shape index (κ2) is 9.25. The smallest absolute Gasteiger partial charge is 0.315 e. The largest absolute Gasteiger partial charge is 0.497 e. The number of aryl methyl sites for hydroxylation is 1. The Bertz CT molecular complexity index is 713. The van der Waals surface area contributed by atoms with Crippen molar-refractivity contribution in [2.24, 2.45) is 0 Å². The lowest BCUT2D eigenvalue weighted by Crippen LogP contribution is -2.41. The van der Waals surface area contributed by atoms with E-state index in [2.05, 4.69) is 28.5 Å². The molecule has 140 valence electrons. The Morgan fingerprint density at radius 3 is 2.35 bits per heavy atom. The maximum Gasteiger partial charge on any atom is 0.315 e. The van der Waals surface area contributed by atoms with Gasteiger partial charge in [0.05, 0.1) is 19.2 Å². The van der Waals surface area contributed by atoms with Crippen molar-refractivity contribution in [3.05, 3.63) is 65.2 Å². The Morgan fingerprint density at radius 1 is 1.12 bits per heavy atom. The van der Waals surface area contributed by atoms with Crippen LogP contribution < -0.4 is 15.4 Å². The summed E-state index contributed by atoms with van der Waals surface area (Å²) in [5.41, 5.74) is 3.43. The molecule has 2 aromatic carbocycles. The van der Waals surface area contributed by atoms with Crippen LogP contribution in [0.3, 0.4) is 0 Å². The number of nitrogens with zero attached hydrogens (tertiary/aromatic N) is 1. The molecule has 0 aliphatic heterocycles. The molecule has 0 aliphatic carbocycles. The summed E-state index contributed by atoms with van der Waals surface area (Å²) in [4.78, 5) is 14.4. The van der Waals surface area contributed by atoms with Crippen LogP contribution in [0, 0.1) is 6.92 Å². The molecule has 5 heteroatoms. The zero-order valence-corrected chi connectivity index (χ0v) is 16.2. The number of benzene rings is 2. The van der Waals surface area contributed by atoms with Gasteiger partial charge in [0.1, 0.15) is 5.75 Å². The van der Waals surface area contributed by atoms with Gasteiger partial charge in [-0.15, -0.1) is 0 Å². The molecule has 2 unspecified atom stereocenters. The molecule has 0 spiro atoms. The highest BCUT2D eigenvalue weighted by Gasteiger charge is 2.17. The third-order valence-electron chi connectivity index (χ3n) is 4.58. The van der Waals surface area contributed by atoms with Crippen molar-refractivity contribution in [3.63, 3.8) is 0 Å². The summed E-state index contributed by atoms with van der Waals surface area (Å²) < 4.78 is 5.21. The second-order valence-electron chi connectivity index (χ2n) is 6.69. The fourth-order valence-electron chi connectivity index (χ4n) is 3.01. The van der Waals surface area contributed by atoms with Crippen LogP contribution in [0.5, 0.6) is 5.75 Å². The van der Waals surface area contributed by atoms with Gasteiger partial charge in [-0.3, -0.25) is 0 Å². The number of rotatable bonds is 7. The molecule has 0 saturated heterocycles. The van der Waals surface area contributed by atoms with Crippen LogP contribution >= 0.6 is 0 Å². The molecule has 2 aromatic rings. The molecule has 0 aromatic heterocycles. The molecule has 2 amide bonds. The lowest BCUT2D eigenvalue weighted by Gasteiger charge is -2.26. The van der Waals surface area contributed by atoms with E-state index in [1.54, 1.807) is 7.11 Å². The minimum absolute atomic E-state index is 0.0463. The Labute approximate surface area is 156 Å². The van der Waals surface area contributed by atoms with Gasteiger partial charge in [0.15, 0.2) is 0 Å². The third-order valence-corrected chi connectivity index (χ3v) is 4.58. The van der Waals surface area contributed by atoms with Gasteiger partial charge < -0.3 is 20.3 Å². The summed E-state index contributed by atoms with van der Waals surface area (Å²) in [7, 11) is 5.66. The summed E-state index contributed by atoms with van der Waals surface area (Å²) >= 11 is 0. The quantitative estimate of drug-likeness (QED) is 0.797. The standard InChI is InChI=1S/C21H29N3O2/c1-15-8-6-7-9-19(15)16(2)23-21(25)22-14-20(24(3)4)17-10-12-18(26-5)13-11-17/h6-13,16,20H,14H2,1-5H3,(H2,22,23,25). The lowest BCUT2D eigenvalue weighted by atomic mass is 10.0. The first-order valence-electron chi connectivity index (χ1n) is 8.82. The zero-order chi connectivity index (χ0) is 19.1. The van der Waals surface area contributed by atoms with Crippen LogP contribution in [-0.2, 0) is 0 Å². The Kier molecular flexibility index (Phi) is 7.04. The molecule has 0 aliphatic rings. The summed E-state index contributed by atoms with van der Waals surface area (Å²) in [6.45, 7) is 4.57. The Balaban J connectivity index is 1.95.